The van der Waals surface area contributed by atoms with Crippen molar-refractivity contribution in [3.8, 4) is 0 Å². The maximum Gasteiger partial charge on any atom is 0.244 e. The zero-order valence-corrected chi connectivity index (χ0v) is 13.7. The van der Waals surface area contributed by atoms with Crippen molar-refractivity contribution in [3.63, 3.8) is 0 Å². The van der Waals surface area contributed by atoms with Crippen LogP contribution in [0.2, 0.25) is 15.1 Å². The Kier molecular flexibility index (Phi) is 5.19. The Labute approximate surface area is 134 Å². The number of anilines is 1. The lowest BCUT2D eigenvalue weighted by Gasteiger charge is -2.34. The van der Waals surface area contributed by atoms with Crippen LogP contribution in [0.1, 0.15) is 26.7 Å². The van der Waals surface area contributed by atoms with Gasteiger partial charge < -0.3 is 10.2 Å². The highest BCUT2D eigenvalue weighted by Crippen LogP contribution is 2.38. The molecule has 1 atom stereocenters. The molecule has 110 valence electrons. The van der Waals surface area contributed by atoms with E-state index in [2.05, 4.69) is 5.32 Å². The predicted octanol–water partition coefficient (Wildman–Crippen LogP) is 4.14. The third-order valence-corrected chi connectivity index (χ3v) is 4.02. The number of carbonyl (C=O) groups excluding carboxylic acids is 1. The molecule has 1 aliphatic heterocycles. The first-order valence-corrected chi connectivity index (χ1v) is 7.75. The lowest BCUT2D eigenvalue weighted by atomic mass is 10.0. The highest BCUT2D eigenvalue weighted by atomic mass is 35.5. The van der Waals surface area contributed by atoms with Gasteiger partial charge in [0.25, 0.3) is 0 Å². The number of hydrogen-bond acceptors (Lipinski definition) is 2. The Hall–Kier alpha value is -0.480. The second-order valence-corrected chi connectivity index (χ2v) is 6.47. The Bertz CT molecular complexity index is 496. The van der Waals surface area contributed by atoms with Crippen LogP contribution in [0, 0.1) is 0 Å². The first-order chi connectivity index (χ1) is 9.40. The molecule has 20 heavy (non-hydrogen) atoms. The second-order valence-electron chi connectivity index (χ2n) is 5.22. The van der Waals surface area contributed by atoms with Crippen molar-refractivity contribution in [1.82, 2.24) is 5.32 Å². The van der Waals surface area contributed by atoms with E-state index in [1.54, 1.807) is 17.0 Å². The topological polar surface area (TPSA) is 32.3 Å². The lowest BCUT2D eigenvalue weighted by molar-refractivity contribution is -0.121. The summed E-state index contributed by atoms with van der Waals surface area (Å²) in [6.07, 6.45) is 1.74. The van der Waals surface area contributed by atoms with Gasteiger partial charge in [0.15, 0.2) is 0 Å². The maximum atomic E-state index is 12.6. The third-order valence-electron chi connectivity index (χ3n) is 3.22. The number of nitrogens with one attached hydrogen (secondary N) is 1. The number of nitrogens with zero attached hydrogens (tertiary/aromatic N) is 1. The van der Waals surface area contributed by atoms with E-state index in [1.165, 1.54) is 0 Å². The molecule has 1 aliphatic rings. The first-order valence-electron chi connectivity index (χ1n) is 6.62. The van der Waals surface area contributed by atoms with Crippen molar-refractivity contribution in [2.45, 2.75) is 38.8 Å². The van der Waals surface area contributed by atoms with E-state index in [0.717, 1.165) is 12.8 Å². The molecule has 0 aliphatic carbocycles. The van der Waals surface area contributed by atoms with E-state index in [9.17, 15) is 4.79 Å². The number of piperidine rings is 1. The molecular formula is C14H17Cl3N2O. The van der Waals surface area contributed by atoms with Gasteiger partial charge in [0, 0.05) is 17.6 Å². The van der Waals surface area contributed by atoms with Crippen LogP contribution >= 0.6 is 34.8 Å². The van der Waals surface area contributed by atoms with Crippen LogP contribution in [-0.2, 0) is 4.79 Å². The summed E-state index contributed by atoms with van der Waals surface area (Å²) in [6.45, 7) is 4.67. The van der Waals surface area contributed by atoms with Crippen molar-refractivity contribution in [3.05, 3.63) is 27.2 Å². The fourth-order valence-corrected chi connectivity index (χ4v) is 3.47. The molecule has 0 saturated carbocycles. The second kappa shape index (κ2) is 6.52. The van der Waals surface area contributed by atoms with Crippen LogP contribution in [0.25, 0.3) is 0 Å². The molecule has 0 radical (unpaired) electrons. The van der Waals surface area contributed by atoms with Crippen LogP contribution in [0.3, 0.4) is 0 Å². The zero-order valence-electron chi connectivity index (χ0n) is 11.4. The molecule has 1 saturated heterocycles. The summed E-state index contributed by atoms with van der Waals surface area (Å²) < 4.78 is 0. The first kappa shape index (κ1) is 15.9. The summed E-state index contributed by atoms with van der Waals surface area (Å²) in [5.41, 5.74) is 0.554. The summed E-state index contributed by atoms with van der Waals surface area (Å²) in [6, 6.07) is 3.28. The number of hydrogen-bond donors (Lipinski definition) is 1. The number of rotatable bonds is 3. The van der Waals surface area contributed by atoms with Gasteiger partial charge in [-0.2, -0.15) is 0 Å². The summed E-state index contributed by atoms with van der Waals surface area (Å²) >= 11 is 18.3. The largest absolute Gasteiger partial charge is 0.308 e. The quantitative estimate of drug-likeness (QED) is 0.900. The maximum absolute atomic E-state index is 12.6. The molecule has 1 amide bonds. The van der Waals surface area contributed by atoms with E-state index >= 15 is 0 Å². The Morgan fingerprint density at radius 2 is 1.85 bits per heavy atom. The Morgan fingerprint density at radius 3 is 2.40 bits per heavy atom. The van der Waals surface area contributed by atoms with Crippen molar-refractivity contribution in [1.29, 1.82) is 0 Å². The van der Waals surface area contributed by atoms with E-state index in [0.29, 0.717) is 27.3 Å². The fraction of sp³-hybridized carbons (Fsp3) is 0.500. The van der Waals surface area contributed by atoms with Crippen molar-refractivity contribution in [2.75, 3.05) is 11.4 Å². The Morgan fingerprint density at radius 1 is 1.25 bits per heavy atom. The minimum absolute atomic E-state index is 0.0103. The highest BCUT2D eigenvalue weighted by Gasteiger charge is 2.32. The van der Waals surface area contributed by atoms with Crippen LogP contribution in [0.5, 0.6) is 0 Å². The molecular weight excluding hydrogens is 319 g/mol. The SMILES string of the molecule is CC(C)NC1CCCN(c2c(Cl)cc(Cl)cc2Cl)C1=O. The van der Waals surface area contributed by atoms with Gasteiger partial charge in [0.2, 0.25) is 5.91 Å². The molecule has 1 aromatic rings. The molecule has 0 aromatic heterocycles. The molecule has 1 heterocycles. The monoisotopic (exact) mass is 334 g/mol. The highest BCUT2D eigenvalue weighted by molar-refractivity contribution is 6.42. The number of amides is 1. The van der Waals surface area contributed by atoms with Gasteiger partial charge in [-0.25, -0.2) is 0 Å². The van der Waals surface area contributed by atoms with Gasteiger partial charge in [-0.05, 0) is 25.0 Å². The molecule has 1 fully saturated rings. The normalized spacial score (nSPS) is 19.8. The van der Waals surface area contributed by atoms with Gasteiger partial charge in [-0.1, -0.05) is 48.7 Å². The summed E-state index contributed by atoms with van der Waals surface area (Å²) in [7, 11) is 0. The molecule has 0 spiro atoms. The molecule has 6 heteroatoms. The van der Waals surface area contributed by atoms with Gasteiger partial charge in [0.05, 0.1) is 21.8 Å². The lowest BCUT2D eigenvalue weighted by Crippen LogP contribution is -2.52. The molecule has 1 unspecified atom stereocenters. The molecule has 1 N–H and O–H groups in total. The number of carbonyl (C=O) groups is 1. The van der Waals surface area contributed by atoms with E-state index in [1.807, 2.05) is 13.8 Å². The fourth-order valence-electron chi connectivity index (χ4n) is 2.45. The summed E-state index contributed by atoms with van der Waals surface area (Å²) in [5.74, 6) is 0.0103. The van der Waals surface area contributed by atoms with Gasteiger partial charge in [-0.15, -0.1) is 0 Å². The Balaban J connectivity index is 2.30. The van der Waals surface area contributed by atoms with Gasteiger partial charge in [-0.3, -0.25) is 4.79 Å². The van der Waals surface area contributed by atoms with Crippen LogP contribution in [0.15, 0.2) is 12.1 Å². The average molecular weight is 336 g/mol. The minimum atomic E-state index is -0.188. The molecule has 2 rings (SSSR count). The number of benzene rings is 1. The van der Waals surface area contributed by atoms with E-state index < -0.39 is 0 Å². The standard InChI is InChI=1S/C14H17Cl3N2O/c1-8(2)18-12-4-3-5-19(14(12)20)13-10(16)6-9(15)7-11(13)17/h6-8,12,18H,3-5H2,1-2H3. The van der Waals surface area contributed by atoms with Crippen LogP contribution < -0.4 is 10.2 Å². The number of halogens is 3. The predicted molar refractivity (Wildman–Crippen MR) is 85.1 cm³/mol. The van der Waals surface area contributed by atoms with Crippen molar-refractivity contribution >= 4 is 46.4 Å². The van der Waals surface area contributed by atoms with Crippen LogP contribution in [-0.4, -0.2) is 24.5 Å². The smallest absolute Gasteiger partial charge is 0.244 e. The summed E-state index contributed by atoms with van der Waals surface area (Å²) in [5, 5.41) is 4.55. The summed E-state index contributed by atoms with van der Waals surface area (Å²) in [4.78, 5) is 14.2. The zero-order chi connectivity index (χ0) is 14.9. The van der Waals surface area contributed by atoms with Gasteiger partial charge >= 0.3 is 0 Å². The van der Waals surface area contributed by atoms with E-state index in [4.69, 9.17) is 34.8 Å². The van der Waals surface area contributed by atoms with Crippen molar-refractivity contribution < 1.29 is 4.79 Å². The molecule has 3 nitrogen and oxygen atoms in total. The average Bonchev–Trinajstić information content (AvgIpc) is 2.32. The van der Waals surface area contributed by atoms with E-state index in [-0.39, 0.29) is 18.0 Å². The van der Waals surface area contributed by atoms with Crippen molar-refractivity contribution in [2.24, 2.45) is 0 Å². The third kappa shape index (κ3) is 3.40. The van der Waals surface area contributed by atoms with Crippen LogP contribution in [0.4, 0.5) is 5.69 Å². The molecule has 0 bridgehead atoms. The minimum Gasteiger partial charge on any atom is -0.308 e. The van der Waals surface area contributed by atoms with Gasteiger partial charge in [0.1, 0.15) is 0 Å². The molecule has 1 aromatic carbocycles.